The summed E-state index contributed by atoms with van der Waals surface area (Å²) in [6.45, 7) is -0.470. The number of nitriles is 1. The van der Waals surface area contributed by atoms with E-state index in [-0.39, 0.29) is 18.9 Å². The number of nitrogens with one attached hydrogen (secondary N) is 1. The second-order valence-electron chi connectivity index (χ2n) is 3.91. The molecule has 0 heterocycles. The summed E-state index contributed by atoms with van der Waals surface area (Å²) in [6, 6.07) is 8.17. The Balaban J connectivity index is 2.41. The van der Waals surface area contributed by atoms with Crippen LogP contribution in [0.1, 0.15) is 11.1 Å². The zero-order valence-corrected chi connectivity index (χ0v) is 11.4. The van der Waals surface area contributed by atoms with Crippen LogP contribution in [0.5, 0.6) is 0 Å². The summed E-state index contributed by atoms with van der Waals surface area (Å²) in [5.74, 6) is -1.32. The molecule has 0 atom stereocenters. The number of hydrogen-bond acceptors (Lipinski definition) is 5. The lowest BCUT2D eigenvalue weighted by molar-refractivity contribution is -0.142. The van der Waals surface area contributed by atoms with Crippen molar-refractivity contribution in [2.24, 2.45) is 0 Å². The van der Waals surface area contributed by atoms with E-state index in [9.17, 15) is 13.2 Å². The fourth-order valence-corrected chi connectivity index (χ4v) is 2.50. The second-order valence-corrected chi connectivity index (χ2v) is 5.72. The first-order chi connectivity index (χ1) is 9.43. The van der Waals surface area contributed by atoms with Crippen molar-refractivity contribution in [3.63, 3.8) is 0 Å². The molecule has 2 N–H and O–H groups in total. The molecule has 0 saturated carbocycles. The average Bonchev–Trinajstić information content (AvgIpc) is 2.38. The number of benzene rings is 1. The van der Waals surface area contributed by atoms with Gasteiger partial charge in [0.05, 0.1) is 24.0 Å². The lowest BCUT2D eigenvalue weighted by atomic mass is 10.2. The lowest BCUT2D eigenvalue weighted by Crippen LogP contribution is -2.29. The number of rotatable bonds is 8. The highest BCUT2D eigenvalue weighted by molar-refractivity contribution is 7.88. The van der Waals surface area contributed by atoms with Crippen LogP contribution >= 0.6 is 0 Å². The highest BCUT2D eigenvalue weighted by Crippen LogP contribution is 2.06. The predicted octanol–water partition coefficient (Wildman–Crippen LogP) is 0.0789. The van der Waals surface area contributed by atoms with Crippen LogP contribution in [0.25, 0.3) is 0 Å². The van der Waals surface area contributed by atoms with E-state index in [2.05, 4.69) is 4.72 Å². The van der Waals surface area contributed by atoms with Gasteiger partial charge in [-0.05, 0) is 17.7 Å². The van der Waals surface area contributed by atoms with Crippen molar-refractivity contribution < 1.29 is 23.1 Å². The van der Waals surface area contributed by atoms with Crippen LogP contribution in [0.15, 0.2) is 24.3 Å². The molecule has 0 amide bonds. The summed E-state index contributed by atoms with van der Waals surface area (Å²) in [7, 11) is -3.52. The maximum Gasteiger partial charge on any atom is 0.329 e. The fraction of sp³-hybridized carbons (Fsp3) is 0.333. The zero-order chi connectivity index (χ0) is 15.0. The minimum Gasteiger partial charge on any atom is -0.480 e. The van der Waals surface area contributed by atoms with Crippen LogP contribution in [-0.4, -0.2) is 39.3 Å². The molecule has 1 aromatic rings. The summed E-state index contributed by atoms with van der Waals surface area (Å²) in [6.07, 6.45) is 0. The molecule has 1 rings (SSSR count). The van der Waals surface area contributed by atoms with Gasteiger partial charge >= 0.3 is 5.97 Å². The van der Waals surface area contributed by atoms with Crippen molar-refractivity contribution in [2.75, 3.05) is 19.8 Å². The highest BCUT2D eigenvalue weighted by Gasteiger charge is 2.11. The van der Waals surface area contributed by atoms with E-state index in [0.717, 1.165) is 0 Å². The number of carboxylic acid groups (broad SMARTS) is 1. The van der Waals surface area contributed by atoms with Gasteiger partial charge in [0, 0.05) is 6.54 Å². The molecule has 0 aromatic heterocycles. The Morgan fingerprint density at radius 1 is 1.35 bits per heavy atom. The SMILES string of the molecule is N#Cc1ccc(CS(=O)(=O)NCCOCC(=O)O)cc1. The third kappa shape index (κ3) is 6.29. The van der Waals surface area contributed by atoms with Crippen molar-refractivity contribution in [2.45, 2.75) is 5.75 Å². The molecule has 0 bridgehead atoms. The van der Waals surface area contributed by atoms with E-state index < -0.39 is 22.6 Å². The van der Waals surface area contributed by atoms with Crippen LogP contribution in [-0.2, 0) is 25.3 Å². The summed E-state index contributed by atoms with van der Waals surface area (Å²) in [5.41, 5.74) is 1.02. The summed E-state index contributed by atoms with van der Waals surface area (Å²) < 4.78 is 30.4. The van der Waals surface area contributed by atoms with Gasteiger partial charge in [-0.1, -0.05) is 12.1 Å². The first kappa shape index (κ1) is 16.1. The van der Waals surface area contributed by atoms with E-state index in [1.165, 1.54) is 0 Å². The number of carboxylic acids is 1. The molecule has 0 aliphatic carbocycles. The van der Waals surface area contributed by atoms with E-state index >= 15 is 0 Å². The normalized spacial score (nSPS) is 10.9. The number of aliphatic carboxylic acids is 1. The van der Waals surface area contributed by atoms with Gasteiger partial charge in [0.15, 0.2) is 0 Å². The number of carbonyl (C=O) groups is 1. The number of nitrogens with zero attached hydrogens (tertiary/aromatic N) is 1. The Labute approximate surface area is 116 Å². The third-order valence-electron chi connectivity index (χ3n) is 2.23. The van der Waals surface area contributed by atoms with Crippen LogP contribution in [0, 0.1) is 11.3 Å². The molecule has 0 spiro atoms. The van der Waals surface area contributed by atoms with Gasteiger partial charge in [-0.2, -0.15) is 5.26 Å². The quantitative estimate of drug-likeness (QED) is 0.656. The average molecular weight is 298 g/mol. The highest BCUT2D eigenvalue weighted by atomic mass is 32.2. The maximum absolute atomic E-state index is 11.7. The van der Waals surface area contributed by atoms with E-state index in [0.29, 0.717) is 11.1 Å². The fourth-order valence-electron chi connectivity index (χ4n) is 1.37. The minimum atomic E-state index is -3.52. The molecule has 7 nitrogen and oxygen atoms in total. The van der Waals surface area contributed by atoms with Crippen LogP contribution in [0.4, 0.5) is 0 Å². The molecule has 0 unspecified atom stereocenters. The third-order valence-corrected chi connectivity index (χ3v) is 3.59. The van der Waals surface area contributed by atoms with Crippen LogP contribution in [0.3, 0.4) is 0 Å². The summed E-state index contributed by atoms with van der Waals surface area (Å²) in [5, 5.41) is 17.0. The maximum atomic E-state index is 11.7. The number of hydrogen-bond donors (Lipinski definition) is 2. The first-order valence-corrected chi connectivity index (χ1v) is 7.34. The monoisotopic (exact) mass is 298 g/mol. The molecule has 0 fully saturated rings. The standard InChI is InChI=1S/C12H14N2O5S/c13-7-10-1-3-11(4-2-10)9-20(17,18)14-5-6-19-8-12(15)16/h1-4,14H,5-6,8-9H2,(H,15,16). The van der Waals surface area contributed by atoms with E-state index in [1.54, 1.807) is 24.3 Å². The Bertz CT molecular complexity index is 589. The topological polar surface area (TPSA) is 116 Å². The molecular weight excluding hydrogens is 284 g/mol. The second kappa shape index (κ2) is 7.59. The van der Waals surface area contributed by atoms with Gasteiger partial charge in [-0.3, -0.25) is 0 Å². The molecule has 0 radical (unpaired) electrons. The molecule has 0 saturated heterocycles. The van der Waals surface area contributed by atoms with Gasteiger partial charge in [-0.25, -0.2) is 17.9 Å². The van der Waals surface area contributed by atoms with Crippen molar-refractivity contribution in [1.29, 1.82) is 5.26 Å². The molecule has 20 heavy (non-hydrogen) atoms. The Morgan fingerprint density at radius 2 is 2.00 bits per heavy atom. The van der Waals surface area contributed by atoms with E-state index in [1.807, 2.05) is 6.07 Å². The van der Waals surface area contributed by atoms with Crippen molar-refractivity contribution in [1.82, 2.24) is 4.72 Å². The number of sulfonamides is 1. The van der Waals surface area contributed by atoms with Crippen molar-refractivity contribution in [3.8, 4) is 6.07 Å². The molecule has 1 aromatic carbocycles. The molecule has 0 aliphatic heterocycles. The predicted molar refractivity (Wildman–Crippen MR) is 70.2 cm³/mol. The minimum absolute atomic E-state index is 0.00585. The van der Waals surface area contributed by atoms with Gasteiger partial charge < -0.3 is 9.84 Å². The van der Waals surface area contributed by atoms with Crippen molar-refractivity contribution >= 4 is 16.0 Å². The molecular formula is C12H14N2O5S. The Morgan fingerprint density at radius 3 is 2.55 bits per heavy atom. The number of ether oxygens (including phenoxy) is 1. The Kier molecular flexibility index (Phi) is 6.11. The van der Waals surface area contributed by atoms with E-state index in [4.69, 9.17) is 15.1 Å². The van der Waals surface area contributed by atoms with Gasteiger partial charge in [-0.15, -0.1) is 0 Å². The molecule has 0 aliphatic rings. The van der Waals surface area contributed by atoms with Gasteiger partial charge in [0.1, 0.15) is 6.61 Å². The molecule has 8 heteroatoms. The van der Waals surface area contributed by atoms with Gasteiger partial charge in [0.2, 0.25) is 10.0 Å². The first-order valence-electron chi connectivity index (χ1n) is 5.69. The molecule has 108 valence electrons. The van der Waals surface area contributed by atoms with Crippen molar-refractivity contribution in [3.05, 3.63) is 35.4 Å². The lowest BCUT2D eigenvalue weighted by Gasteiger charge is -2.07. The smallest absolute Gasteiger partial charge is 0.329 e. The van der Waals surface area contributed by atoms with Crippen LogP contribution < -0.4 is 4.72 Å². The zero-order valence-electron chi connectivity index (χ0n) is 10.6. The Hall–Kier alpha value is -1.95. The van der Waals surface area contributed by atoms with Gasteiger partial charge in [0.25, 0.3) is 0 Å². The summed E-state index contributed by atoms with van der Waals surface area (Å²) in [4.78, 5) is 10.2. The van der Waals surface area contributed by atoms with Crippen LogP contribution in [0.2, 0.25) is 0 Å². The summed E-state index contributed by atoms with van der Waals surface area (Å²) >= 11 is 0. The largest absolute Gasteiger partial charge is 0.480 e.